The Kier molecular flexibility index (Phi) is 7.25. The van der Waals surface area contributed by atoms with Crippen molar-refractivity contribution in [2.24, 2.45) is 7.05 Å². The van der Waals surface area contributed by atoms with Crippen LogP contribution in [0.25, 0.3) is 0 Å². The summed E-state index contributed by atoms with van der Waals surface area (Å²) in [5.41, 5.74) is 0.337. The Hall–Kier alpha value is -2.14. The topological polar surface area (TPSA) is 88.4 Å². The fourth-order valence-electron chi connectivity index (χ4n) is 3.86. The number of nitrogens with zero attached hydrogens (tertiary/aromatic N) is 5. The molecule has 8 nitrogen and oxygen atoms in total. The highest BCUT2D eigenvalue weighted by Crippen LogP contribution is 2.26. The van der Waals surface area contributed by atoms with Crippen molar-refractivity contribution in [3.63, 3.8) is 0 Å². The van der Waals surface area contributed by atoms with Gasteiger partial charge in [-0.25, -0.2) is 12.8 Å². The summed E-state index contributed by atoms with van der Waals surface area (Å²) < 4.78 is 40.7. The van der Waals surface area contributed by atoms with Gasteiger partial charge in [0.05, 0.1) is 24.2 Å². The molecule has 1 aromatic carbocycles. The maximum Gasteiger partial charge on any atom is 0.233 e. The summed E-state index contributed by atoms with van der Waals surface area (Å²) in [5, 5.41) is 8.79. The molecule has 0 radical (unpaired) electrons. The van der Waals surface area contributed by atoms with E-state index >= 15 is 0 Å². The van der Waals surface area contributed by atoms with E-state index in [1.807, 2.05) is 4.90 Å². The molecule has 3 rings (SSSR count). The van der Waals surface area contributed by atoms with Crippen LogP contribution in [-0.4, -0.2) is 58.1 Å². The summed E-state index contributed by atoms with van der Waals surface area (Å²) in [6.07, 6.45) is 4.25. The molecule has 2 heterocycles. The maximum atomic E-state index is 13.2. The maximum absolute atomic E-state index is 13.2. The minimum atomic E-state index is -3.63. The SMILES string of the molecule is C[C@H]1CCC[C@H](C)N1C(=O)CSc1nnc(CN(c2ccc(F)cc2)S(C)(=O)=O)n1C. The zero-order chi connectivity index (χ0) is 22.8. The zero-order valence-electron chi connectivity index (χ0n) is 18.2. The number of sulfonamides is 1. The molecule has 1 aliphatic rings. The van der Waals surface area contributed by atoms with Crippen molar-refractivity contribution in [3.05, 3.63) is 35.9 Å². The lowest BCUT2D eigenvalue weighted by Gasteiger charge is -2.39. The van der Waals surface area contributed by atoms with E-state index in [0.29, 0.717) is 16.7 Å². The summed E-state index contributed by atoms with van der Waals surface area (Å²) in [6.45, 7) is 4.10. The summed E-state index contributed by atoms with van der Waals surface area (Å²) in [4.78, 5) is 14.7. The second-order valence-corrected chi connectivity index (χ2v) is 10.8. The van der Waals surface area contributed by atoms with Crippen LogP contribution in [0.3, 0.4) is 0 Å². The van der Waals surface area contributed by atoms with E-state index in [2.05, 4.69) is 24.0 Å². The normalized spacial score (nSPS) is 19.5. The van der Waals surface area contributed by atoms with E-state index in [-0.39, 0.29) is 30.3 Å². The minimum Gasteiger partial charge on any atom is -0.337 e. The number of hydrogen-bond acceptors (Lipinski definition) is 6. The molecule has 170 valence electrons. The molecule has 1 aromatic heterocycles. The lowest BCUT2D eigenvalue weighted by atomic mass is 9.98. The molecule has 1 amide bonds. The Labute approximate surface area is 186 Å². The molecule has 31 heavy (non-hydrogen) atoms. The van der Waals surface area contributed by atoms with Gasteiger partial charge in [0.15, 0.2) is 11.0 Å². The number of aromatic nitrogens is 3. The Morgan fingerprint density at radius 2 is 1.81 bits per heavy atom. The summed E-state index contributed by atoms with van der Waals surface area (Å²) in [5.74, 6) is 0.285. The first-order valence-corrected chi connectivity index (χ1v) is 13.0. The number of anilines is 1. The van der Waals surface area contributed by atoms with Crippen molar-refractivity contribution < 1.29 is 17.6 Å². The quantitative estimate of drug-likeness (QED) is 0.580. The van der Waals surface area contributed by atoms with Gasteiger partial charge in [-0.2, -0.15) is 0 Å². The van der Waals surface area contributed by atoms with Crippen LogP contribution in [0.1, 0.15) is 38.9 Å². The molecule has 0 unspecified atom stereocenters. The Morgan fingerprint density at radius 3 is 2.39 bits per heavy atom. The molecular weight excluding hydrogens is 441 g/mol. The molecule has 0 saturated carbocycles. The van der Waals surface area contributed by atoms with E-state index in [1.54, 1.807) is 11.6 Å². The van der Waals surface area contributed by atoms with E-state index < -0.39 is 15.8 Å². The molecule has 2 aromatic rings. The van der Waals surface area contributed by atoms with Crippen molar-refractivity contribution in [1.82, 2.24) is 19.7 Å². The summed E-state index contributed by atoms with van der Waals surface area (Å²) >= 11 is 1.29. The summed E-state index contributed by atoms with van der Waals surface area (Å²) in [6, 6.07) is 5.68. The van der Waals surface area contributed by atoms with Gasteiger partial charge in [0.1, 0.15) is 5.82 Å². The van der Waals surface area contributed by atoms with Gasteiger partial charge in [-0.3, -0.25) is 9.10 Å². The highest BCUT2D eigenvalue weighted by Gasteiger charge is 2.29. The number of hydrogen-bond donors (Lipinski definition) is 0. The highest BCUT2D eigenvalue weighted by atomic mass is 32.2. The van der Waals surface area contributed by atoms with Gasteiger partial charge in [-0.05, 0) is 57.4 Å². The number of rotatable bonds is 7. The third kappa shape index (κ3) is 5.57. The van der Waals surface area contributed by atoms with E-state index in [9.17, 15) is 17.6 Å². The lowest BCUT2D eigenvalue weighted by molar-refractivity contribution is -0.134. The van der Waals surface area contributed by atoms with Crippen LogP contribution in [0.5, 0.6) is 0 Å². The molecule has 0 N–H and O–H groups in total. The molecule has 0 aliphatic carbocycles. The van der Waals surface area contributed by atoms with Crippen LogP contribution < -0.4 is 4.31 Å². The monoisotopic (exact) mass is 469 g/mol. The average molecular weight is 470 g/mol. The lowest BCUT2D eigenvalue weighted by Crippen LogP contribution is -2.48. The van der Waals surface area contributed by atoms with Crippen LogP contribution >= 0.6 is 11.8 Å². The van der Waals surface area contributed by atoms with Gasteiger partial charge in [0.2, 0.25) is 15.9 Å². The minimum absolute atomic E-state index is 0.0529. The predicted octanol–water partition coefficient (Wildman–Crippen LogP) is 2.80. The van der Waals surface area contributed by atoms with E-state index in [0.717, 1.165) is 29.8 Å². The average Bonchev–Trinajstić information content (AvgIpc) is 3.04. The number of carbonyl (C=O) groups excluding carboxylic acids is 1. The van der Waals surface area contributed by atoms with E-state index in [4.69, 9.17) is 0 Å². The smallest absolute Gasteiger partial charge is 0.233 e. The number of thioether (sulfide) groups is 1. The largest absolute Gasteiger partial charge is 0.337 e. The number of carbonyl (C=O) groups is 1. The molecule has 1 fully saturated rings. The van der Waals surface area contributed by atoms with Gasteiger partial charge in [-0.1, -0.05) is 11.8 Å². The molecule has 0 spiro atoms. The Morgan fingerprint density at radius 1 is 1.19 bits per heavy atom. The fourth-order valence-corrected chi connectivity index (χ4v) is 5.51. The highest BCUT2D eigenvalue weighted by molar-refractivity contribution is 7.99. The van der Waals surface area contributed by atoms with Gasteiger partial charge in [0, 0.05) is 19.1 Å². The van der Waals surface area contributed by atoms with Crippen molar-refractivity contribution in [2.45, 2.75) is 56.9 Å². The third-order valence-corrected chi connectivity index (χ3v) is 7.68. The van der Waals surface area contributed by atoms with Crippen molar-refractivity contribution in [2.75, 3.05) is 16.3 Å². The van der Waals surface area contributed by atoms with Crippen LogP contribution in [0.2, 0.25) is 0 Å². The van der Waals surface area contributed by atoms with Gasteiger partial charge in [0.25, 0.3) is 0 Å². The van der Waals surface area contributed by atoms with Gasteiger partial charge in [-0.15, -0.1) is 10.2 Å². The predicted molar refractivity (Wildman–Crippen MR) is 119 cm³/mol. The van der Waals surface area contributed by atoms with Crippen LogP contribution in [0.15, 0.2) is 29.4 Å². The number of piperidine rings is 1. The van der Waals surface area contributed by atoms with Crippen LogP contribution in [0.4, 0.5) is 10.1 Å². The number of amides is 1. The second-order valence-electron chi connectivity index (χ2n) is 7.92. The molecule has 1 aliphatic heterocycles. The van der Waals surface area contributed by atoms with Crippen molar-refractivity contribution >= 4 is 33.4 Å². The van der Waals surface area contributed by atoms with Crippen LogP contribution in [-0.2, 0) is 28.4 Å². The Balaban J connectivity index is 1.71. The van der Waals surface area contributed by atoms with E-state index in [1.165, 1.54) is 36.0 Å². The fraction of sp³-hybridized carbons (Fsp3) is 0.550. The number of likely N-dealkylation sites (tertiary alicyclic amines) is 1. The first-order valence-electron chi connectivity index (χ1n) is 10.1. The number of halogens is 1. The molecule has 1 saturated heterocycles. The molecular formula is C20H28FN5O3S2. The molecule has 11 heteroatoms. The molecule has 0 bridgehead atoms. The zero-order valence-corrected chi connectivity index (χ0v) is 19.8. The van der Waals surface area contributed by atoms with Crippen molar-refractivity contribution in [3.8, 4) is 0 Å². The van der Waals surface area contributed by atoms with Crippen molar-refractivity contribution in [1.29, 1.82) is 0 Å². The third-order valence-electron chi connectivity index (χ3n) is 5.53. The van der Waals surface area contributed by atoms with Gasteiger partial charge >= 0.3 is 0 Å². The standard InChI is InChI=1S/C20H28FN5O3S2/c1-14-6-5-7-15(2)26(14)19(27)13-30-20-23-22-18(24(20)3)12-25(31(4,28)29)17-10-8-16(21)9-11-17/h8-11,14-15H,5-7,12-13H2,1-4H3/t14-,15-/m0/s1. The number of benzene rings is 1. The Bertz CT molecular complexity index is 1020. The first kappa shape index (κ1) is 23.5. The second kappa shape index (κ2) is 9.56. The van der Waals surface area contributed by atoms with Gasteiger partial charge < -0.3 is 9.47 Å². The summed E-state index contributed by atoms with van der Waals surface area (Å²) in [7, 11) is -1.89. The first-order chi connectivity index (χ1) is 14.6. The van der Waals surface area contributed by atoms with Crippen LogP contribution in [0, 0.1) is 5.82 Å². The molecule has 2 atom stereocenters.